The van der Waals surface area contributed by atoms with Crippen LogP contribution in [0.3, 0.4) is 0 Å². The molecule has 1 rings (SSSR count). The normalized spacial score (nSPS) is 16.8. The molecule has 0 aromatic heterocycles. The van der Waals surface area contributed by atoms with Gasteiger partial charge >= 0.3 is 6.09 Å². The molecule has 2 N–H and O–H groups in total. The van der Waals surface area contributed by atoms with Crippen LogP contribution in [0, 0.1) is 0 Å². The summed E-state index contributed by atoms with van der Waals surface area (Å²) in [6.45, 7) is 6.66. The van der Waals surface area contributed by atoms with Gasteiger partial charge in [-0.05, 0) is 39.2 Å². The molecule has 6 heteroatoms. The van der Waals surface area contributed by atoms with E-state index in [1.165, 1.54) is 12.6 Å². The van der Waals surface area contributed by atoms with Crippen molar-refractivity contribution in [3.05, 3.63) is 23.8 Å². The number of ether oxygens (including phenoxy) is 2. The molecule has 0 aromatic carbocycles. The summed E-state index contributed by atoms with van der Waals surface area (Å²) in [5.41, 5.74) is 0.583. The van der Waals surface area contributed by atoms with E-state index in [4.69, 9.17) is 9.47 Å². The van der Waals surface area contributed by atoms with Gasteiger partial charge in [-0.25, -0.2) is 4.79 Å². The lowest BCUT2D eigenvalue weighted by molar-refractivity contribution is -0.122. The molecule has 1 atom stereocenters. The Kier molecular flexibility index (Phi) is 7.11. The molecule has 0 aromatic rings. The van der Waals surface area contributed by atoms with E-state index in [1.807, 2.05) is 18.2 Å². The zero-order valence-electron chi connectivity index (χ0n) is 13.8. The van der Waals surface area contributed by atoms with Crippen molar-refractivity contribution >= 4 is 12.0 Å². The van der Waals surface area contributed by atoms with Crippen molar-refractivity contribution in [2.75, 3.05) is 20.3 Å². The number of likely N-dealkylation sites (N-methyl/N-ethyl adjacent to an activating group) is 1. The predicted molar refractivity (Wildman–Crippen MR) is 84.5 cm³/mol. The standard InChI is InChI=1S/C16H26N2O4/c1-16(2,3)22-15(20)18-13(14(19)17-4)7-5-6-12-8-10-21-11-9-12/h5-6,8,13H,7,9-11H2,1-4H3,(H,17,19)(H,18,20)/b6-5+. The van der Waals surface area contributed by atoms with E-state index in [1.54, 1.807) is 20.8 Å². The van der Waals surface area contributed by atoms with Gasteiger partial charge in [0.2, 0.25) is 5.91 Å². The number of amides is 2. The Morgan fingerprint density at radius 1 is 1.45 bits per heavy atom. The zero-order valence-corrected chi connectivity index (χ0v) is 13.8. The SMILES string of the molecule is CNC(=O)C(C/C=C/C1=CCOCC1)NC(=O)OC(C)(C)C. The number of rotatable bonds is 5. The van der Waals surface area contributed by atoms with Crippen molar-refractivity contribution in [2.24, 2.45) is 0 Å². The van der Waals surface area contributed by atoms with Gasteiger partial charge in [0.05, 0.1) is 13.2 Å². The first-order chi connectivity index (χ1) is 10.3. The Hall–Kier alpha value is -1.82. The molecule has 0 saturated heterocycles. The van der Waals surface area contributed by atoms with Crippen LogP contribution in [0.1, 0.15) is 33.6 Å². The summed E-state index contributed by atoms with van der Waals surface area (Å²) in [6.07, 6.45) is 6.53. The molecule has 0 spiro atoms. The quantitative estimate of drug-likeness (QED) is 0.813. The maximum Gasteiger partial charge on any atom is 0.408 e. The van der Waals surface area contributed by atoms with Crippen LogP contribution in [-0.2, 0) is 14.3 Å². The molecule has 0 bridgehead atoms. The predicted octanol–water partition coefficient (Wildman–Crippen LogP) is 1.92. The molecule has 0 radical (unpaired) electrons. The number of hydrogen-bond acceptors (Lipinski definition) is 4. The Morgan fingerprint density at radius 2 is 2.18 bits per heavy atom. The van der Waals surface area contributed by atoms with Gasteiger partial charge in [-0.3, -0.25) is 4.79 Å². The number of hydrogen-bond donors (Lipinski definition) is 2. The maximum atomic E-state index is 11.8. The number of carbonyl (C=O) groups excluding carboxylic acids is 2. The monoisotopic (exact) mass is 310 g/mol. The average molecular weight is 310 g/mol. The summed E-state index contributed by atoms with van der Waals surface area (Å²) in [7, 11) is 1.54. The third kappa shape index (κ3) is 7.26. The summed E-state index contributed by atoms with van der Waals surface area (Å²) >= 11 is 0. The largest absolute Gasteiger partial charge is 0.444 e. The number of nitrogens with one attached hydrogen (secondary N) is 2. The third-order valence-electron chi connectivity index (χ3n) is 2.96. The minimum atomic E-state index is -0.656. The van der Waals surface area contributed by atoms with Crippen LogP contribution in [0.4, 0.5) is 4.79 Å². The van der Waals surface area contributed by atoms with Crippen LogP contribution in [0.25, 0.3) is 0 Å². The van der Waals surface area contributed by atoms with E-state index in [0.29, 0.717) is 19.6 Å². The van der Waals surface area contributed by atoms with Gasteiger partial charge in [0.1, 0.15) is 11.6 Å². The van der Waals surface area contributed by atoms with Crippen molar-refractivity contribution in [3.8, 4) is 0 Å². The van der Waals surface area contributed by atoms with E-state index in [-0.39, 0.29) is 5.91 Å². The van der Waals surface area contributed by atoms with Crippen LogP contribution >= 0.6 is 0 Å². The van der Waals surface area contributed by atoms with Crippen LogP contribution in [0.5, 0.6) is 0 Å². The minimum Gasteiger partial charge on any atom is -0.444 e. The van der Waals surface area contributed by atoms with Gasteiger partial charge in [-0.2, -0.15) is 0 Å². The molecule has 6 nitrogen and oxygen atoms in total. The van der Waals surface area contributed by atoms with Crippen molar-refractivity contribution in [3.63, 3.8) is 0 Å². The van der Waals surface area contributed by atoms with Gasteiger partial charge < -0.3 is 20.1 Å². The Bertz CT molecular complexity index is 450. The molecular formula is C16H26N2O4. The summed E-state index contributed by atoms with van der Waals surface area (Å²) in [5.74, 6) is -0.253. The molecule has 124 valence electrons. The average Bonchev–Trinajstić information content (AvgIpc) is 2.44. The molecule has 1 aliphatic rings. The highest BCUT2D eigenvalue weighted by Crippen LogP contribution is 2.10. The second-order valence-corrected chi connectivity index (χ2v) is 6.06. The fourth-order valence-electron chi connectivity index (χ4n) is 1.90. The fraction of sp³-hybridized carbons (Fsp3) is 0.625. The molecule has 2 amide bonds. The first-order valence-corrected chi connectivity index (χ1v) is 7.46. The van der Waals surface area contributed by atoms with E-state index in [2.05, 4.69) is 10.6 Å². The van der Waals surface area contributed by atoms with Crippen molar-refractivity contribution in [1.82, 2.24) is 10.6 Å². The highest BCUT2D eigenvalue weighted by atomic mass is 16.6. The molecular weight excluding hydrogens is 284 g/mol. The van der Waals surface area contributed by atoms with Gasteiger partial charge in [-0.15, -0.1) is 0 Å². The fourth-order valence-corrected chi connectivity index (χ4v) is 1.90. The molecule has 0 fully saturated rings. The summed E-state index contributed by atoms with van der Waals surface area (Å²) in [6, 6.07) is -0.656. The molecule has 22 heavy (non-hydrogen) atoms. The topological polar surface area (TPSA) is 76.7 Å². The number of carbonyl (C=O) groups is 2. The lowest BCUT2D eigenvalue weighted by Gasteiger charge is -2.22. The number of alkyl carbamates (subject to hydrolysis) is 1. The molecule has 1 heterocycles. The van der Waals surface area contributed by atoms with E-state index in [9.17, 15) is 9.59 Å². The van der Waals surface area contributed by atoms with Crippen LogP contribution in [-0.4, -0.2) is 43.9 Å². The van der Waals surface area contributed by atoms with Crippen LogP contribution in [0.2, 0.25) is 0 Å². The van der Waals surface area contributed by atoms with E-state index in [0.717, 1.165) is 6.42 Å². The van der Waals surface area contributed by atoms with Crippen LogP contribution < -0.4 is 10.6 Å². The van der Waals surface area contributed by atoms with Crippen molar-refractivity contribution in [2.45, 2.75) is 45.3 Å². The van der Waals surface area contributed by atoms with Gasteiger partial charge in [0.15, 0.2) is 0 Å². The van der Waals surface area contributed by atoms with Crippen LogP contribution in [0.15, 0.2) is 23.8 Å². The Labute approximate surface area is 131 Å². The molecule has 0 aliphatic carbocycles. The summed E-state index contributed by atoms with van der Waals surface area (Å²) < 4.78 is 10.4. The maximum absolute atomic E-state index is 11.8. The first kappa shape index (κ1) is 18.2. The van der Waals surface area contributed by atoms with Crippen molar-refractivity contribution in [1.29, 1.82) is 0 Å². The second kappa shape index (κ2) is 8.58. The van der Waals surface area contributed by atoms with E-state index >= 15 is 0 Å². The van der Waals surface area contributed by atoms with E-state index < -0.39 is 17.7 Å². The highest BCUT2D eigenvalue weighted by molar-refractivity contribution is 5.85. The third-order valence-corrected chi connectivity index (χ3v) is 2.96. The van der Waals surface area contributed by atoms with Gasteiger partial charge in [0, 0.05) is 7.05 Å². The van der Waals surface area contributed by atoms with Crippen molar-refractivity contribution < 1.29 is 19.1 Å². The Balaban J connectivity index is 2.57. The summed E-state index contributed by atoms with van der Waals surface area (Å²) in [5, 5.41) is 5.14. The zero-order chi connectivity index (χ0) is 16.6. The second-order valence-electron chi connectivity index (χ2n) is 6.06. The number of allylic oxidation sites excluding steroid dienone is 1. The first-order valence-electron chi connectivity index (χ1n) is 7.46. The lowest BCUT2D eigenvalue weighted by Crippen LogP contribution is -2.47. The highest BCUT2D eigenvalue weighted by Gasteiger charge is 2.22. The molecule has 1 aliphatic heterocycles. The Morgan fingerprint density at radius 3 is 2.73 bits per heavy atom. The lowest BCUT2D eigenvalue weighted by atomic mass is 10.1. The van der Waals surface area contributed by atoms with Gasteiger partial charge in [-0.1, -0.05) is 18.2 Å². The minimum absolute atomic E-state index is 0.253. The smallest absolute Gasteiger partial charge is 0.408 e. The molecule has 1 unspecified atom stereocenters. The summed E-state index contributed by atoms with van der Waals surface area (Å²) in [4.78, 5) is 23.6. The molecule has 0 saturated carbocycles. The van der Waals surface area contributed by atoms with Gasteiger partial charge in [0.25, 0.3) is 0 Å².